The lowest BCUT2D eigenvalue weighted by Crippen LogP contribution is -2.34. The Balaban J connectivity index is 1.81. The molecule has 7 heteroatoms. The monoisotopic (exact) mass is 329 g/mol. The molecule has 3 rings (SSSR count). The normalized spacial score (nSPS) is 24.1. The highest BCUT2D eigenvalue weighted by Crippen LogP contribution is 2.33. The minimum Gasteiger partial charge on any atom is -0.472 e. The molecule has 0 N–H and O–H groups in total. The number of hydrogen-bond donors (Lipinski definition) is 0. The van der Waals surface area contributed by atoms with Crippen molar-refractivity contribution in [2.45, 2.75) is 44.3 Å². The molecule has 1 fully saturated rings. The van der Waals surface area contributed by atoms with Gasteiger partial charge in [-0.1, -0.05) is 17.3 Å². The second-order valence-electron chi connectivity index (χ2n) is 6.09. The number of hydrogen-bond acceptors (Lipinski definition) is 5. The van der Waals surface area contributed by atoms with Crippen LogP contribution in [-0.4, -0.2) is 24.0 Å². The van der Waals surface area contributed by atoms with E-state index in [-0.39, 0.29) is 6.10 Å². The number of azide groups is 1. The maximum Gasteiger partial charge on any atom is 0.164 e. The van der Waals surface area contributed by atoms with Crippen molar-refractivity contribution in [3.05, 3.63) is 64.8 Å². The van der Waals surface area contributed by atoms with Gasteiger partial charge in [-0.15, -0.1) is 0 Å². The molecule has 3 heterocycles. The van der Waals surface area contributed by atoms with Gasteiger partial charge in [0.15, 0.2) is 5.79 Å². The van der Waals surface area contributed by atoms with Crippen LogP contribution in [0.4, 0.5) is 0 Å². The van der Waals surface area contributed by atoms with Crippen molar-refractivity contribution in [3.8, 4) is 0 Å². The SMILES string of the molecule is CC1(C)O[C@@H]([C@@H](Cc2ccoc2)N=[N+]=[N-])[C@H](/C=C/c2ccoc2)O1. The lowest BCUT2D eigenvalue weighted by Gasteiger charge is -2.21. The molecule has 0 amide bonds. The minimum absolute atomic E-state index is 0.336. The molecule has 1 aliphatic heterocycles. The summed E-state index contributed by atoms with van der Waals surface area (Å²) in [5.41, 5.74) is 10.8. The van der Waals surface area contributed by atoms with Gasteiger partial charge in [-0.05, 0) is 43.5 Å². The Morgan fingerprint density at radius 2 is 2.04 bits per heavy atom. The lowest BCUT2D eigenvalue weighted by molar-refractivity contribution is -0.144. The summed E-state index contributed by atoms with van der Waals surface area (Å²) in [6.45, 7) is 3.69. The molecule has 1 aliphatic rings. The first-order chi connectivity index (χ1) is 11.6. The molecule has 0 radical (unpaired) electrons. The van der Waals surface area contributed by atoms with Crippen LogP contribution in [0.5, 0.6) is 0 Å². The van der Waals surface area contributed by atoms with Crippen LogP contribution in [0.15, 0.2) is 57.2 Å². The Bertz CT molecular complexity index is 715. The van der Waals surface area contributed by atoms with Gasteiger partial charge >= 0.3 is 0 Å². The van der Waals surface area contributed by atoms with Crippen LogP contribution in [0.1, 0.15) is 25.0 Å². The summed E-state index contributed by atoms with van der Waals surface area (Å²) >= 11 is 0. The Morgan fingerprint density at radius 1 is 1.25 bits per heavy atom. The van der Waals surface area contributed by atoms with E-state index in [1.807, 2.05) is 38.1 Å². The second kappa shape index (κ2) is 6.97. The predicted molar refractivity (Wildman–Crippen MR) is 86.9 cm³/mol. The molecule has 0 bridgehead atoms. The number of ether oxygens (including phenoxy) is 2. The summed E-state index contributed by atoms with van der Waals surface area (Å²) in [4.78, 5) is 2.97. The number of nitrogens with zero attached hydrogens (tertiary/aromatic N) is 3. The molecule has 3 atom stereocenters. The van der Waals surface area contributed by atoms with Crippen LogP contribution in [0.25, 0.3) is 16.5 Å². The van der Waals surface area contributed by atoms with Gasteiger partial charge in [0.2, 0.25) is 0 Å². The molecule has 24 heavy (non-hydrogen) atoms. The maximum atomic E-state index is 8.93. The van der Waals surface area contributed by atoms with Crippen molar-refractivity contribution >= 4 is 6.08 Å². The predicted octanol–water partition coefficient (Wildman–Crippen LogP) is 4.33. The zero-order chi connectivity index (χ0) is 17.0. The van der Waals surface area contributed by atoms with E-state index in [9.17, 15) is 0 Å². The highest BCUT2D eigenvalue weighted by molar-refractivity contribution is 5.48. The van der Waals surface area contributed by atoms with Gasteiger partial charge < -0.3 is 18.3 Å². The molecule has 126 valence electrons. The molecule has 2 aromatic rings. The summed E-state index contributed by atoms with van der Waals surface area (Å²) in [5, 5.41) is 3.92. The van der Waals surface area contributed by atoms with Gasteiger partial charge in [0, 0.05) is 10.5 Å². The van der Waals surface area contributed by atoms with E-state index in [1.165, 1.54) is 0 Å². The summed E-state index contributed by atoms with van der Waals surface area (Å²) < 4.78 is 22.1. The van der Waals surface area contributed by atoms with Crippen LogP contribution in [0.3, 0.4) is 0 Å². The van der Waals surface area contributed by atoms with Gasteiger partial charge in [0.1, 0.15) is 6.10 Å². The third kappa shape index (κ3) is 3.89. The standard InChI is InChI=1S/C17H19N3O4/c1-17(2)23-15(4-3-12-5-7-21-10-12)16(24-17)14(19-20-18)9-13-6-8-22-11-13/h3-8,10-11,14-16H,9H2,1-2H3/b4-3+/t14-,15+,16+/m1/s1. The minimum atomic E-state index is -0.754. The Kier molecular flexibility index (Phi) is 4.76. The number of furan rings is 2. The van der Waals surface area contributed by atoms with E-state index in [0.29, 0.717) is 6.42 Å². The van der Waals surface area contributed by atoms with E-state index in [0.717, 1.165) is 11.1 Å². The maximum absolute atomic E-state index is 8.93. The van der Waals surface area contributed by atoms with E-state index < -0.39 is 17.9 Å². The average Bonchev–Trinajstić information content (AvgIpc) is 3.25. The summed E-state index contributed by atoms with van der Waals surface area (Å²) in [7, 11) is 0. The van der Waals surface area contributed by atoms with Crippen molar-refractivity contribution in [1.29, 1.82) is 0 Å². The van der Waals surface area contributed by atoms with Crippen LogP contribution in [0.2, 0.25) is 0 Å². The molecule has 0 aliphatic carbocycles. The van der Waals surface area contributed by atoms with E-state index in [4.69, 9.17) is 23.8 Å². The fourth-order valence-corrected chi connectivity index (χ4v) is 2.78. The Hall–Kier alpha value is -2.47. The first-order valence-electron chi connectivity index (χ1n) is 7.69. The van der Waals surface area contributed by atoms with E-state index in [1.54, 1.807) is 25.1 Å². The highest BCUT2D eigenvalue weighted by atomic mass is 16.8. The van der Waals surface area contributed by atoms with Crippen LogP contribution < -0.4 is 0 Å². The van der Waals surface area contributed by atoms with Crippen molar-refractivity contribution in [2.75, 3.05) is 0 Å². The average molecular weight is 329 g/mol. The van der Waals surface area contributed by atoms with Gasteiger partial charge in [0.05, 0.1) is 37.2 Å². The zero-order valence-electron chi connectivity index (χ0n) is 13.5. The summed E-state index contributed by atoms with van der Waals surface area (Å²) in [5.74, 6) is -0.754. The molecular weight excluding hydrogens is 310 g/mol. The van der Waals surface area contributed by atoms with E-state index >= 15 is 0 Å². The van der Waals surface area contributed by atoms with Gasteiger partial charge in [-0.25, -0.2) is 0 Å². The molecule has 7 nitrogen and oxygen atoms in total. The van der Waals surface area contributed by atoms with Crippen molar-refractivity contribution < 1.29 is 18.3 Å². The molecule has 0 saturated carbocycles. The highest BCUT2D eigenvalue weighted by Gasteiger charge is 2.43. The zero-order valence-corrected chi connectivity index (χ0v) is 13.5. The van der Waals surface area contributed by atoms with Crippen LogP contribution in [-0.2, 0) is 15.9 Å². The van der Waals surface area contributed by atoms with E-state index in [2.05, 4.69) is 10.0 Å². The van der Waals surface area contributed by atoms with Crippen molar-refractivity contribution in [1.82, 2.24) is 0 Å². The first kappa shape index (κ1) is 16.4. The molecular formula is C17H19N3O4. The Morgan fingerprint density at radius 3 is 2.71 bits per heavy atom. The molecule has 2 aromatic heterocycles. The lowest BCUT2D eigenvalue weighted by atomic mass is 9.99. The largest absolute Gasteiger partial charge is 0.472 e. The second-order valence-corrected chi connectivity index (χ2v) is 6.09. The smallest absolute Gasteiger partial charge is 0.164 e. The molecule has 0 unspecified atom stereocenters. The first-order valence-corrected chi connectivity index (χ1v) is 7.69. The quantitative estimate of drug-likeness (QED) is 0.448. The molecule has 1 saturated heterocycles. The van der Waals surface area contributed by atoms with Crippen LogP contribution >= 0.6 is 0 Å². The van der Waals surface area contributed by atoms with Gasteiger partial charge in [-0.2, -0.15) is 0 Å². The fourth-order valence-electron chi connectivity index (χ4n) is 2.78. The topological polar surface area (TPSA) is 93.5 Å². The summed E-state index contributed by atoms with van der Waals surface area (Å²) in [6, 6.07) is 3.29. The van der Waals surface area contributed by atoms with Crippen molar-refractivity contribution in [2.24, 2.45) is 5.11 Å². The Labute approximate surface area is 139 Å². The fraction of sp³-hybridized carbons (Fsp3) is 0.412. The molecule has 0 aromatic carbocycles. The van der Waals surface area contributed by atoms with Gasteiger partial charge in [-0.3, -0.25) is 0 Å². The van der Waals surface area contributed by atoms with Crippen LogP contribution in [0, 0.1) is 0 Å². The third-order valence-electron chi connectivity index (χ3n) is 3.79. The van der Waals surface area contributed by atoms with Crippen molar-refractivity contribution in [3.63, 3.8) is 0 Å². The summed E-state index contributed by atoms with van der Waals surface area (Å²) in [6.07, 6.45) is 10.1. The number of rotatable bonds is 6. The molecule has 0 spiro atoms. The van der Waals surface area contributed by atoms with Gasteiger partial charge in [0.25, 0.3) is 0 Å². The third-order valence-corrected chi connectivity index (χ3v) is 3.79.